The Balaban J connectivity index is 1.77. The van der Waals surface area contributed by atoms with E-state index in [1.807, 2.05) is 0 Å². The number of cyclic esters (lactones) is 1. The van der Waals surface area contributed by atoms with Crippen LogP contribution in [0.3, 0.4) is 0 Å². The normalized spacial score (nSPS) is 19.2. The van der Waals surface area contributed by atoms with Crippen molar-refractivity contribution in [3.63, 3.8) is 0 Å². The van der Waals surface area contributed by atoms with Crippen LogP contribution >= 0.6 is 0 Å². The van der Waals surface area contributed by atoms with Crippen LogP contribution in [0.1, 0.15) is 35.6 Å². The fourth-order valence-electron chi connectivity index (χ4n) is 4.94. The maximum atomic E-state index is 13.5. The monoisotopic (exact) mass is 464 g/mol. The lowest BCUT2D eigenvalue weighted by Gasteiger charge is -2.31. The average Bonchev–Trinajstić information content (AvgIpc) is 3.12. The maximum Gasteiger partial charge on any atom is 0.343 e. The summed E-state index contributed by atoms with van der Waals surface area (Å²) < 4.78 is 6.83. The van der Waals surface area contributed by atoms with Crippen molar-refractivity contribution >= 4 is 24.9 Å². The zero-order valence-electron chi connectivity index (χ0n) is 19.4. The molecule has 0 bridgehead atoms. The first-order valence-corrected chi connectivity index (χ1v) is 15.1. The Kier molecular flexibility index (Phi) is 4.81. The number of carbonyl (C=O) groups is 1. The molecule has 0 spiro atoms. The van der Waals surface area contributed by atoms with E-state index in [0.29, 0.717) is 29.1 Å². The van der Waals surface area contributed by atoms with Gasteiger partial charge in [-0.3, -0.25) is 4.79 Å². The van der Waals surface area contributed by atoms with E-state index in [1.165, 1.54) is 0 Å². The van der Waals surface area contributed by atoms with Gasteiger partial charge in [-0.05, 0) is 42.7 Å². The fourth-order valence-corrected chi connectivity index (χ4v) is 5.94. The molecule has 1 aromatic carbocycles. The molecule has 2 aliphatic heterocycles. The third-order valence-corrected chi connectivity index (χ3v) is 8.66. The second-order valence-electron chi connectivity index (χ2n) is 10.3. The first-order valence-electron chi connectivity index (χ1n) is 11.3. The van der Waals surface area contributed by atoms with E-state index < -0.39 is 19.6 Å². The van der Waals surface area contributed by atoms with Gasteiger partial charge >= 0.3 is 5.97 Å². The van der Waals surface area contributed by atoms with Gasteiger partial charge in [-0.2, -0.15) is 0 Å². The number of rotatable bonds is 4. The number of aromatic nitrogens is 2. The van der Waals surface area contributed by atoms with Gasteiger partial charge in [0.1, 0.15) is 12.4 Å². The van der Waals surface area contributed by atoms with Crippen LogP contribution in [-0.2, 0) is 34.7 Å². The maximum absolute atomic E-state index is 13.5. The van der Waals surface area contributed by atoms with Crippen LogP contribution in [0.2, 0.25) is 25.7 Å². The molecular formula is C25H28N2O5Si. The van der Waals surface area contributed by atoms with E-state index in [1.54, 1.807) is 35.8 Å². The average molecular weight is 465 g/mol. The molecule has 0 aliphatic carbocycles. The van der Waals surface area contributed by atoms with Crippen molar-refractivity contribution in [3.8, 4) is 17.1 Å². The number of pyridine rings is 2. The number of aryl methyl sites for hydroxylation is 1. The number of hydrogen-bond acceptors (Lipinski definition) is 6. The van der Waals surface area contributed by atoms with Crippen LogP contribution in [0.15, 0.2) is 29.1 Å². The van der Waals surface area contributed by atoms with E-state index >= 15 is 0 Å². The van der Waals surface area contributed by atoms with Crippen LogP contribution in [0.5, 0.6) is 5.75 Å². The quantitative estimate of drug-likeness (QED) is 0.353. The summed E-state index contributed by atoms with van der Waals surface area (Å²) in [7, 11) is -1.36. The Hall–Kier alpha value is -2.97. The first kappa shape index (κ1) is 21.9. The highest BCUT2D eigenvalue weighted by molar-refractivity contribution is 6.76. The number of benzene rings is 1. The number of hydrogen-bond donors (Lipinski definition) is 2. The Morgan fingerprint density at radius 3 is 2.64 bits per heavy atom. The number of nitrogens with zero attached hydrogens (tertiary/aromatic N) is 2. The summed E-state index contributed by atoms with van der Waals surface area (Å²) in [5.74, 6) is -0.539. The van der Waals surface area contributed by atoms with E-state index in [2.05, 4.69) is 19.6 Å². The van der Waals surface area contributed by atoms with Crippen molar-refractivity contribution in [1.29, 1.82) is 0 Å². The molecule has 3 aromatic rings. The lowest BCUT2D eigenvalue weighted by Crippen LogP contribution is -2.44. The predicted molar refractivity (Wildman–Crippen MR) is 128 cm³/mol. The van der Waals surface area contributed by atoms with Crippen molar-refractivity contribution in [2.45, 2.75) is 64.2 Å². The molecule has 33 heavy (non-hydrogen) atoms. The van der Waals surface area contributed by atoms with E-state index in [-0.39, 0.29) is 24.3 Å². The number of fused-ring (bicyclic) bond motifs is 5. The molecule has 1 unspecified atom stereocenters. The number of phenolic OH excluding ortho intramolecular Hbond substituents is 1. The van der Waals surface area contributed by atoms with Crippen LogP contribution < -0.4 is 5.56 Å². The third-order valence-electron chi connectivity index (χ3n) is 6.91. The molecule has 2 aromatic heterocycles. The predicted octanol–water partition coefficient (Wildman–Crippen LogP) is 3.67. The standard InChI is InChI=1S/C25H28N2O5Si/c1-5-25(31)19-11-21-22-17(12-27(21)23(29)18(19)13-32-24(25)30)15(8-9-33(2,3)4)16-10-14(28)6-7-20(16)26-22/h6-7,10-11,28,31H,5,8-9,12-13H2,1-4H3. The van der Waals surface area contributed by atoms with Crippen LogP contribution in [0.25, 0.3) is 22.3 Å². The minimum Gasteiger partial charge on any atom is -0.508 e. The zero-order valence-corrected chi connectivity index (χ0v) is 20.4. The van der Waals surface area contributed by atoms with Gasteiger partial charge in [-0.1, -0.05) is 32.6 Å². The summed E-state index contributed by atoms with van der Waals surface area (Å²) >= 11 is 0. The summed E-state index contributed by atoms with van der Waals surface area (Å²) in [6.45, 7) is 8.90. The molecule has 2 aliphatic rings. The minimum atomic E-state index is -1.84. The first-order chi connectivity index (χ1) is 15.5. The van der Waals surface area contributed by atoms with E-state index in [9.17, 15) is 19.8 Å². The van der Waals surface area contributed by atoms with Crippen LogP contribution in [0.4, 0.5) is 0 Å². The molecule has 0 radical (unpaired) electrons. The van der Waals surface area contributed by atoms with Crippen molar-refractivity contribution in [3.05, 3.63) is 56.9 Å². The smallest absolute Gasteiger partial charge is 0.343 e. The summed E-state index contributed by atoms with van der Waals surface area (Å²) in [6.07, 6.45) is 0.948. The number of ether oxygens (including phenoxy) is 1. The molecule has 0 amide bonds. The van der Waals surface area contributed by atoms with Crippen molar-refractivity contribution < 1.29 is 19.7 Å². The Bertz CT molecular complexity index is 1390. The second kappa shape index (κ2) is 7.26. The van der Waals surface area contributed by atoms with E-state index in [0.717, 1.165) is 34.5 Å². The highest BCUT2D eigenvalue weighted by Crippen LogP contribution is 2.41. The Labute approximate surface area is 192 Å². The van der Waals surface area contributed by atoms with Crippen molar-refractivity contribution in [1.82, 2.24) is 9.55 Å². The summed E-state index contributed by atoms with van der Waals surface area (Å²) in [6, 6.07) is 7.97. The molecule has 4 heterocycles. The molecule has 5 rings (SSSR count). The summed E-state index contributed by atoms with van der Waals surface area (Å²) in [5.41, 5.74) is 2.68. The van der Waals surface area contributed by atoms with Crippen LogP contribution in [-0.4, -0.2) is 33.8 Å². The van der Waals surface area contributed by atoms with Gasteiger partial charge in [-0.25, -0.2) is 9.78 Å². The molecule has 7 nitrogen and oxygen atoms in total. The van der Waals surface area contributed by atoms with Crippen molar-refractivity contribution in [2.75, 3.05) is 0 Å². The molecule has 0 saturated heterocycles. The molecule has 2 N–H and O–H groups in total. The van der Waals surface area contributed by atoms with Gasteiger partial charge in [0.2, 0.25) is 0 Å². The number of aliphatic hydroxyl groups is 1. The number of carbonyl (C=O) groups excluding carboxylic acids is 1. The highest BCUT2D eigenvalue weighted by atomic mass is 28.3. The summed E-state index contributed by atoms with van der Waals surface area (Å²) in [4.78, 5) is 30.7. The summed E-state index contributed by atoms with van der Waals surface area (Å²) in [5, 5.41) is 22.1. The highest BCUT2D eigenvalue weighted by Gasteiger charge is 2.45. The third kappa shape index (κ3) is 3.31. The van der Waals surface area contributed by atoms with Gasteiger partial charge in [0.05, 0.1) is 29.0 Å². The second-order valence-corrected chi connectivity index (χ2v) is 15.9. The van der Waals surface area contributed by atoms with Gasteiger partial charge < -0.3 is 19.5 Å². The van der Waals surface area contributed by atoms with Gasteiger partial charge in [0, 0.05) is 24.6 Å². The molecule has 172 valence electrons. The van der Waals surface area contributed by atoms with Gasteiger partial charge in [-0.15, -0.1) is 0 Å². The molecule has 0 fully saturated rings. The molecule has 0 saturated carbocycles. The molecular weight excluding hydrogens is 436 g/mol. The SMILES string of the molecule is CCC1(O)C(=O)OCc2c1cc1n(c2=O)Cc2c-1nc1ccc(O)cc1c2CC[Si](C)(C)C. The van der Waals surface area contributed by atoms with Crippen molar-refractivity contribution in [2.24, 2.45) is 0 Å². The van der Waals surface area contributed by atoms with Gasteiger partial charge in [0.25, 0.3) is 5.56 Å². The molecule has 8 heteroatoms. The Morgan fingerprint density at radius 2 is 1.94 bits per heavy atom. The zero-order chi connectivity index (χ0) is 23.7. The van der Waals surface area contributed by atoms with Gasteiger partial charge in [0.15, 0.2) is 5.60 Å². The topological polar surface area (TPSA) is 102 Å². The number of phenols is 1. The Morgan fingerprint density at radius 1 is 1.18 bits per heavy atom. The molecule has 1 atom stereocenters. The lowest BCUT2D eigenvalue weighted by molar-refractivity contribution is -0.172. The minimum absolute atomic E-state index is 0.112. The van der Waals surface area contributed by atoms with E-state index in [4.69, 9.17) is 9.72 Å². The van der Waals surface area contributed by atoms with Crippen LogP contribution in [0, 0.1) is 0 Å². The fraction of sp³-hybridized carbons (Fsp3) is 0.400. The number of esters is 1. The largest absolute Gasteiger partial charge is 0.508 e. The number of aromatic hydroxyl groups is 1. The lowest BCUT2D eigenvalue weighted by atomic mass is 9.86.